The predicted molar refractivity (Wildman–Crippen MR) is 83.3 cm³/mol. The summed E-state index contributed by atoms with van der Waals surface area (Å²) in [5.41, 5.74) is 2.76. The van der Waals surface area contributed by atoms with Crippen LogP contribution in [0.25, 0.3) is 0 Å². The van der Waals surface area contributed by atoms with Crippen LogP contribution in [0.1, 0.15) is 23.6 Å². The highest BCUT2D eigenvalue weighted by Gasteiger charge is 2.17. The van der Waals surface area contributed by atoms with E-state index in [9.17, 15) is 10.1 Å². The second kappa shape index (κ2) is 6.59. The van der Waals surface area contributed by atoms with Crippen LogP contribution in [0.5, 0.6) is 11.5 Å². The lowest BCUT2D eigenvalue weighted by atomic mass is 10.1. The number of alkyl halides is 1. The highest BCUT2D eigenvalue weighted by Crippen LogP contribution is 2.34. The average Bonchev–Trinajstić information content (AvgIpc) is 2.49. The third-order valence-electron chi connectivity index (χ3n) is 3.24. The first-order valence-electron chi connectivity index (χ1n) is 6.65. The maximum absolute atomic E-state index is 11.2. The Morgan fingerprint density at radius 1 is 1.14 bits per heavy atom. The summed E-state index contributed by atoms with van der Waals surface area (Å²) in [6.45, 7) is 3.84. The van der Waals surface area contributed by atoms with E-state index < -0.39 is 4.92 Å². The standard InChI is InChI=1S/C16H16ClNO3/c1-3-12-4-7-16(14(9-12)18(19)20)21-15-6-5-13(10-17)8-11(15)2/h4-9H,3,10H2,1-2H3. The molecule has 0 aliphatic heterocycles. The van der Waals surface area contributed by atoms with Gasteiger partial charge in [0.15, 0.2) is 0 Å². The summed E-state index contributed by atoms with van der Waals surface area (Å²) in [6.07, 6.45) is 0.741. The normalized spacial score (nSPS) is 10.4. The molecule has 21 heavy (non-hydrogen) atoms. The van der Waals surface area contributed by atoms with Crippen LogP contribution in [0.3, 0.4) is 0 Å². The Hall–Kier alpha value is -2.07. The summed E-state index contributed by atoms with van der Waals surface area (Å²) < 4.78 is 5.72. The van der Waals surface area contributed by atoms with E-state index in [1.54, 1.807) is 18.2 Å². The lowest BCUT2D eigenvalue weighted by molar-refractivity contribution is -0.385. The lowest BCUT2D eigenvalue weighted by Crippen LogP contribution is -1.96. The van der Waals surface area contributed by atoms with Gasteiger partial charge in [0.25, 0.3) is 0 Å². The van der Waals surface area contributed by atoms with E-state index in [1.807, 2.05) is 32.0 Å². The number of nitrogens with zero attached hydrogens (tertiary/aromatic N) is 1. The maximum Gasteiger partial charge on any atom is 0.311 e. The molecule has 2 rings (SSSR count). The fourth-order valence-electron chi connectivity index (χ4n) is 2.04. The van der Waals surface area contributed by atoms with Crippen molar-refractivity contribution in [1.82, 2.24) is 0 Å². The third kappa shape index (κ3) is 3.52. The molecule has 0 unspecified atom stereocenters. The smallest absolute Gasteiger partial charge is 0.311 e. The largest absolute Gasteiger partial charge is 0.450 e. The minimum atomic E-state index is -0.420. The second-order valence-electron chi connectivity index (χ2n) is 4.75. The zero-order chi connectivity index (χ0) is 15.4. The van der Waals surface area contributed by atoms with Gasteiger partial charge >= 0.3 is 5.69 Å². The number of hydrogen-bond acceptors (Lipinski definition) is 3. The molecule has 0 fully saturated rings. The molecule has 0 N–H and O–H groups in total. The van der Waals surface area contributed by atoms with Crippen LogP contribution in [0, 0.1) is 17.0 Å². The van der Waals surface area contributed by atoms with Crippen molar-refractivity contribution in [1.29, 1.82) is 0 Å². The quantitative estimate of drug-likeness (QED) is 0.444. The number of rotatable bonds is 5. The molecule has 0 saturated heterocycles. The number of benzene rings is 2. The van der Waals surface area contributed by atoms with Gasteiger partial charge in [-0.25, -0.2) is 0 Å². The molecule has 2 aromatic carbocycles. The van der Waals surface area contributed by atoms with Crippen molar-refractivity contribution in [3.05, 3.63) is 63.2 Å². The lowest BCUT2D eigenvalue weighted by Gasteiger charge is -2.10. The topological polar surface area (TPSA) is 52.4 Å². The summed E-state index contributed by atoms with van der Waals surface area (Å²) in [6, 6.07) is 10.6. The van der Waals surface area contributed by atoms with Crippen LogP contribution in [0.2, 0.25) is 0 Å². The van der Waals surface area contributed by atoms with Crippen molar-refractivity contribution < 1.29 is 9.66 Å². The van der Waals surface area contributed by atoms with Crippen LogP contribution in [-0.2, 0) is 12.3 Å². The first-order chi connectivity index (χ1) is 10.0. The number of ether oxygens (including phenoxy) is 1. The van der Waals surface area contributed by atoms with Crippen LogP contribution in [0.4, 0.5) is 5.69 Å². The average molecular weight is 306 g/mol. The SMILES string of the molecule is CCc1ccc(Oc2ccc(CCl)cc2C)c([N+](=O)[O-])c1. The van der Waals surface area contributed by atoms with Crippen LogP contribution >= 0.6 is 11.6 Å². The Bertz CT molecular complexity index is 671. The van der Waals surface area contributed by atoms with Gasteiger partial charge < -0.3 is 4.74 Å². The molecule has 0 spiro atoms. The van der Waals surface area contributed by atoms with Crippen molar-refractivity contribution in [2.45, 2.75) is 26.1 Å². The first kappa shape index (κ1) is 15.3. The zero-order valence-electron chi connectivity index (χ0n) is 11.9. The summed E-state index contributed by atoms with van der Waals surface area (Å²) in [4.78, 5) is 10.8. The van der Waals surface area contributed by atoms with Gasteiger partial charge in [0.1, 0.15) is 5.75 Å². The first-order valence-corrected chi connectivity index (χ1v) is 7.19. The minimum Gasteiger partial charge on any atom is -0.450 e. The summed E-state index contributed by atoms with van der Waals surface area (Å²) >= 11 is 5.78. The van der Waals surface area contributed by atoms with Gasteiger partial charge in [0, 0.05) is 11.9 Å². The number of nitro groups is 1. The van der Waals surface area contributed by atoms with Crippen LogP contribution in [0.15, 0.2) is 36.4 Å². The molecule has 0 atom stereocenters. The van der Waals surface area contributed by atoms with E-state index in [2.05, 4.69) is 0 Å². The van der Waals surface area contributed by atoms with E-state index in [0.29, 0.717) is 11.6 Å². The van der Waals surface area contributed by atoms with Gasteiger partial charge in [-0.05, 0) is 42.2 Å². The Morgan fingerprint density at radius 2 is 1.81 bits per heavy atom. The van der Waals surface area contributed by atoms with Crippen LogP contribution in [-0.4, -0.2) is 4.92 Å². The van der Waals surface area contributed by atoms with Crippen molar-refractivity contribution in [2.24, 2.45) is 0 Å². The molecule has 0 aliphatic rings. The molecule has 0 aliphatic carbocycles. The highest BCUT2D eigenvalue weighted by molar-refractivity contribution is 6.17. The molecule has 0 bridgehead atoms. The van der Waals surface area contributed by atoms with Gasteiger partial charge in [-0.15, -0.1) is 11.6 Å². The summed E-state index contributed by atoms with van der Waals surface area (Å²) in [5.74, 6) is 1.27. The molecule has 0 radical (unpaired) electrons. The molecule has 4 nitrogen and oxygen atoms in total. The third-order valence-corrected chi connectivity index (χ3v) is 3.55. The van der Waals surface area contributed by atoms with Gasteiger partial charge in [0.2, 0.25) is 5.75 Å². The Kier molecular flexibility index (Phi) is 4.81. The van der Waals surface area contributed by atoms with E-state index in [1.165, 1.54) is 0 Å². The summed E-state index contributed by atoms with van der Waals surface area (Å²) in [5, 5.41) is 11.2. The van der Waals surface area contributed by atoms with Crippen molar-refractivity contribution in [2.75, 3.05) is 0 Å². The van der Waals surface area contributed by atoms with Gasteiger partial charge in [-0.3, -0.25) is 10.1 Å². The Labute approximate surface area is 128 Å². The fraction of sp³-hybridized carbons (Fsp3) is 0.250. The number of halogens is 1. The van der Waals surface area contributed by atoms with Gasteiger partial charge in [0.05, 0.1) is 4.92 Å². The Balaban J connectivity index is 2.37. The van der Waals surface area contributed by atoms with Crippen molar-refractivity contribution in [3.8, 4) is 11.5 Å². The molecule has 0 heterocycles. The molecule has 2 aromatic rings. The van der Waals surface area contributed by atoms with Crippen molar-refractivity contribution >= 4 is 17.3 Å². The van der Waals surface area contributed by atoms with Crippen LogP contribution < -0.4 is 4.74 Å². The van der Waals surface area contributed by atoms with Gasteiger partial charge in [-0.2, -0.15) is 0 Å². The van der Waals surface area contributed by atoms with E-state index in [-0.39, 0.29) is 11.4 Å². The van der Waals surface area contributed by atoms with Crippen molar-refractivity contribution in [3.63, 3.8) is 0 Å². The zero-order valence-corrected chi connectivity index (χ0v) is 12.7. The van der Waals surface area contributed by atoms with E-state index >= 15 is 0 Å². The minimum absolute atomic E-state index is 0.0184. The Morgan fingerprint density at radius 3 is 2.38 bits per heavy atom. The number of nitro benzene ring substituents is 1. The molecule has 0 amide bonds. The number of aryl methyl sites for hydroxylation is 2. The van der Waals surface area contributed by atoms with E-state index in [0.717, 1.165) is 23.1 Å². The summed E-state index contributed by atoms with van der Waals surface area (Å²) in [7, 11) is 0. The highest BCUT2D eigenvalue weighted by atomic mass is 35.5. The fourth-order valence-corrected chi connectivity index (χ4v) is 2.21. The molecular weight excluding hydrogens is 290 g/mol. The predicted octanol–water partition coefficient (Wildman–Crippen LogP) is 5.00. The second-order valence-corrected chi connectivity index (χ2v) is 5.02. The molecule has 110 valence electrons. The molecule has 0 saturated carbocycles. The molecular formula is C16H16ClNO3. The number of hydrogen-bond donors (Lipinski definition) is 0. The van der Waals surface area contributed by atoms with Gasteiger partial charge in [-0.1, -0.05) is 25.1 Å². The maximum atomic E-state index is 11.2. The van der Waals surface area contributed by atoms with E-state index in [4.69, 9.17) is 16.3 Å². The molecule has 0 aromatic heterocycles. The monoisotopic (exact) mass is 305 g/mol. The molecule has 5 heteroatoms.